The molecule has 0 heterocycles. The van der Waals surface area contributed by atoms with Crippen molar-refractivity contribution in [1.29, 1.82) is 0 Å². The van der Waals surface area contributed by atoms with Gasteiger partial charge in [0.2, 0.25) is 0 Å². The summed E-state index contributed by atoms with van der Waals surface area (Å²) in [5.41, 5.74) is 3.70. The molecule has 94 valence electrons. The van der Waals surface area contributed by atoms with E-state index in [1.807, 2.05) is 6.07 Å². The molecule has 0 aliphatic carbocycles. The molecule has 0 unspecified atom stereocenters. The lowest BCUT2D eigenvalue weighted by Gasteiger charge is -2.11. The second kappa shape index (κ2) is 6.22. The van der Waals surface area contributed by atoms with E-state index < -0.39 is 0 Å². The van der Waals surface area contributed by atoms with Crippen LogP contribution in [0.2, 0.25) is 0 Å². The zero-order valence-electron chi connectivity index (χ0n) is 11.1. The molecule has 0 aliphatic rings. The molecule has 0 bridgehead atoms. The Morgan fingerprint density at radius 1 is 0.833 bits per heavy atom. The second-order valence-corrected chi connectivity index (χ2v) is 4.67. The molecular formula is C16H20N2. The van der Waals surface area contributed by atoms with E-state index in [0.29, 0.717) is 0 Å². The van der Waals surface area contributed by atoms with Crippen molar-refractivity contribution in [3.63, 3.8) is 0 Å². The fourth-order valence-electron chi connectivity index (χ4n) is 1.83. The Hall–Kier alpha value is -1.80. The molecule has 0 aromatic heterocycles. The van der Waals surface area contributed by atoms with Crippen LogP contribution in [0.5, 0.6) is 0 Å². The van der Waals surface area contributed by atoms with Crippen LogP contribution in [0.3, 0.4) is 0 Å². The van der Waals surface area contributed by atoms with Crippen LogP contribution in [0.1, 0.15) is 0 Å². The first-order valence-corrected chi connectivity index (χ1v) is 6.30. The number of anilines is 1. The summed E-state index contributed by atoms with van der Waals surface area (Å²) < 4.78 is 0. The highest BCUT2D eigenvalue weighted by Gasteiger charge is 1.97. The number of nitrogens with zero attached hydrogens (tertiary/aromatic N) is 1. The summed E-state index contributed by atoms with van der Waals surface area (Å²) in [5, 5.41) is 3.41. The highest BCUT2D eigenvalue weighted by Crippen LogP contribution is 2.20. The summed E-state index contributed by atoms with van der Waals surface area (Å²) in [6, 6.07) is 19.0. The van der Waals surface area contributed by atoms with Crippen LogP contribution in [0.25, 0.3) is 11.1 Å². The maximum absolute atomic E-state index is 3.41. The molecule has 18 heavy (non-hydrogen) atoms. The molecule has 0 saturated carbocycles. The van der Waals surface area contributed by atoms with Gasteiger partial charge in [0.15, 0.2) is 0 Å². The van der Waals surface area contributed by atoms with Gasteiger partial charge in [-0.15, -0.1) is 0 Å². The Bertz CT molecular complexity index is 460. The highest BCUT2D eigenvalue weighted by atomic mass is 15.1. The number of likely N-dealkylation sites (N-methyl/N-ethyl adjacent to an activating group) is 1. The lowest BCUT2D eigenvalue weighted by atomic mass is 10.1. The zero-order valence-corrected chi connectivity index (χ0v) is 11.1. The topological polar surface area (TPSA) is 15.3 Å². The SMILES string of the molecule is CN(C)CCNc1ccc(-c2ccccc2)cc1. The molecule has 0 saturated heterocycles. The minimum absolute atomic E-state index is 0.970. The molecule has 0 amide bonds. The van der Waals surface area contributed by atoms with Gasteiger partial charge in [-0.25, -0.2) is 0 Å². The summed E-state index contributed by atoms with van der Waals surface area (Å²) in [6.45, 7) is 2.01. The average Bonchev–Trinajstić information content (AvgIpc) is 2.40. The van der Waals surface area contributed by atoms with Gasteiger partial charge in [-0.1, -0.05) is 42.5 Å². The van der Waals surface area contributed by atoms with E-state index in [-0.39, 0.29) is 0 Å². The Morgan fingerprint density at radius 3 is 2.06 bits per heavy atom. The maximum atomic E-state index is 3.41. The summed E-state index contributed by atoms with van der Waals surface area (Å²) in [4.78, 5) is 2.17. The molecule has 2 nitrogen and oxygen atoms in total. The number of nitrogens with one attached hydrogen (secondary N) is 1. The smallest absolute Gasteiger partial charge is 0.0341 e. The summed E-state index contributed by atoms with van der Waals surface area (Å²) in [5.74, 6) is 0. The van der Waals surface area contributed by atoms with E-state index in [2.05, 4.69) is 72.8 Å². The average molecular weight is 240 g/mol. The van der Waals surface area contributed by atoms with E-state index >= 15 is 0 Å². The van der Waals surface area contributed by atoms with Gasteiger partial charge in [-0.3, -0.25) is 0 Å². The van der Waals surface area contributed by atoms with Crippen molar-refractivity contribution in [3.8, 4) is 11.1 Å². The summed E-state index contributed by atoms with van der Waals surface area (Å²) in [7, 11) is 4.17. The van der Waals surface area contributed by atoms with Gasteiger partial charge < -0.3 is 10.2 Å². The summed E-state index contributed by atoms with van der Waals surface area (Å²) >= 11 is 0. The lowest BCUT2D eigenvalue weighted by Crippen LogP contribution is -2.20. The van der Waals surface area contributed by atoms with Crippen LogP contribution in [-0.2, 0) is 0 Å². The molecule has 0 aliphatic heterocycles. The third-order valence-corrected chi connectivity index (χ3v) is 2.88. The van der Waals surface area contributed by atoms with Crippen molar-refractivity contribution in [1.82, 2.24) is 4.90 Å². The second-order valence-electron chi connectivity index (χ2n) is 4.67. The minimum Gasteiger partial charge on any atom is -0.384 e. The standard InChI is InChI=1S/C16H20N2/c1-18(2)13-12-17-16-10-8-15(9-11-16)14-6-4-3-5-7-14/h3-11,17H,12-13H2,1-2H3. The Labute approximate surface area is 109 Å². The van der Waals surface area contributed by atoms with Gasteiger partial charge in [0.1, 0.15) is 0 Å². The molecule has 2 aromatic rings. The molecule has 0 spiro atoms. The van der Waals surface area contributed by atoms with Gasteiger partial charge in [0, 0.05) is 18.8 Å². The monoisotopic (exact) mass is 240 g/mol. The van der Waals surface area contributed by atoms with Crippen molar-refractivity contribution in [3.05, 3.63) is 54.6 Å². The predicted octanol–water partition coefficient (Wildman–Crippen LogP) is 3.33. The van der Waals surface area contributed by atoms with Crippen LogP contribution in [0.15, 0.2) is 54.6 Å². The third kappa shape index (κ3) is 3.60. The Balaban J connectivity index is 1.98. The van der Waals surface area contributed by atoms with E-state index in [0.717, 1.165) is 13.1 Å². The molecule has 2 heteroatoms. The van der Waals surface area contributed by atoms with Crippen molar-refractivity contribution in [2.45, 2.75) is 0 Å². The van der Waals surface area contributed by atoms with Crippen molar-refractivity contribution in [2.75, 3.05) is 32.5 Å². The van der Waals surface area contributed by atoms with Gasteiger partial charge in [0.25, 0.3) is 0 Å². The molecular weight excluding hydrogens is 220 g/mol. The molecule has 1 N–H and O–H groups in total. The highest BCUT2D eigenvalue weighted by molar-refractivity contribution is 5.65. The van der Waals surface area contributed by atoms with E-state index in [9.17, 15) is 0 Å². The Kier molecular flexibility index (Phi) is 4.37. The minimum atomic E-state index is 0.970. The first kappa shape index (κ1) is 12.7. The molecule has 2 aromatic carbocycles. The van der Waals surface area contributed by atoms with Crippen molar-refractivity contribution < 1.29 is 0 Å². The van der Waals surface area contributed by atoms with E-state index in [1.165, 1.54) is 16.8 Å². The van der Waals surface area contributed by atoms with Gasteiger partial charge in [0.05, 0.1) is 0 Å². The van der Waals surface area contributed by atoms with Gasteiger partial charge in [-0.05, 0) is 37.4 Å². The van der Waals surface area contributed by atoms with Crippen LogP contribution in [0.4, 0.5) is 5.69 Å². The fraction of sp³-hybridized carbons (Fsp3) is 0.250. The van der Waals surface area contributed by atoms with Crippen LogP contribution in [0, 0.1) is 0 Å². The van der Waals surface area contributed by atoms with Gasteiger partial charge in [-0.2, -0.15) is 0 Å². The summed E-state index contributed by atoms with van der Waals surface area (Å²) in [6.07, 6.45) is 0. The van der Waals surface area contributed by atoms with Gasteiger partial charge >= 0.3 is 0 Å². The fourth-order valence-corrected chi connectivity index (χ4v) is 1.83. The predicted molar refractivity (Wildman–Crippen MR) is 78.9 cm³/mol. The molecule has 2 rings (SSSR count). The number of rotatable bonds is 5. The molecule has 0 fully saturated rings. The zero-order chi connectivity index (χ0) is 12.8. The third-order valence-electron chi connectivity index (χ3n) is 2.88. The number of benzene rings is 2. The quantitative estimate of drug-likeness (QED) is 0.862. The van der Waals surface area contributed by atoms with Crippen LogP contribution >= 0.6 is 0 Å². The lowest BCUT2D eigenvalue weighted by molar-refractivity contribution is 0.425. The first-order valence-electron chi connectivity index (χ1n) is 6.30. The Morgan fingerprint density at radius 2 is 1.44 bits per heavy atom. The van der Waals surface area contributed by atoms with Crippen LogP contribution < -0.4 is 5.32 Å². The largest absolute Gasteiger partial charge is 0.384 e. The maximum Gasteiger partial charge on any atom is 0.0341 e. The van der Waals surface area contributed by atoms with Crippen molar-refractivity contribution in [2.24, 2.45) is 0 Å². The van der Waals surface area contributed by atoms with E-state index in [4.69, 9.17) is 0 Å². The number of hydrogen-bond donors (Lipinski definition) is 1. The number of hydrogen-bond acceptors (Lipinski definition) is 2. The molecule has 0 atom stereocenters. The van der Waals surface area contributed by atoms with Crippen LogP contribution in [-0.4, -0.2) is 32.1 Å². The van der Waals surface area contributed by atoms with E-state index in [1.54, 1.807) is 0 Å². The normalized spacial score (nSPS) is 10.6. The first-order chi connectivity index (χ1) is 8.75. The van der Waals surface area contributed by atoms with Crippen molar-refractivity contribution >= 4 is 5.69 Å². The molecule has 0 radical (unpaired) electrons.